The molecule has 1 aromatic carbocycles. The maximum absolute atomic E-state index is 14.0. The topological polar surface area (TPSA) is 55.9 Å². The summed E-state index contributed by atoms with van der Waals surface area (Å²) < 4.78 is 16.4. The molecule has 4 nitrogen and oxygen atoms in total. The predicted molar refractivity (Wildman–Crippen MR) is 80.8 cm³/mol. The second kappa shape index (κ2) is 6.22. The van der Waals surface area contributed by atoms with Gasteiger partial charge in [0.05, 0.1) is 22.5 Å². The van der Waals surface area contributed by atoms with Crippen LogP contribution in [0.1, 0.15) is 23.0 Å². The van der Waals surface area contributed by atoms with Crippen molar-refractivity contribution in [1.82, 2.24) is 15.2 Å². The first kappa shape index (κ1) is 15.4. The molecule has 2 rings (SSSR count). The number of aryl methyl sites for hydroxylation is 2. The molecule has 0 radical (unpaired) electrons. The molecular formula is C13H15BrClFN4. The van der Waals surface area contributed by atoms with Crippen LogP contribution < -0.4 is 11.3 Å². The zero-order valence-corrected chi connectivity index (χ0v) is 13.5. The molecule has 0 saturated heterocycles. The van der Waals surface area contributed by atoms with E-state index in [9.17, 15) is 4.39 Å². The lowest BCUT2D eigenvalue weighted by atomic mass is 10.0. The van der Waals surface area contributed by atoms with Crippen LogP contribution in [-0.2, 0) is 13.5 Å². The Kier molecular flexibility index (Phi) is 4.80. The van der Waals surface area contributed by atoms with Crippen LogP contribution in [0.4, 0.5) is 4.39 Å². The number of nitrogens with one attached hydrogen (secondary N) is 1. The smallest absolute Gasteiger partial charge is 0.129 e. The van der Waals surface area contributed by atoms with E-state index < -0.39 is 6.04 Å². The van der Waals surface area contributed by atoms with Crippen molar-refractivity contribution in [3.63, 3.8) is 0 Å². The van der Waals surface area contributed by atoms with Crippen LogP contribution in [0.25, 0.3) is 0 Å². The normalized spacial score (nSPS) is 12.7. The molecule has 0 aliphatic heterocycles. The van der Waals surface area contributed by atoms with Gasteiger partial charge >= 0.3 is 0 Å². The number of nitrogens with two attached hydrogens (primary N) is 1. The van der Waals surface area contributed by atoms with Gasteiger partial charge in [0.1, 0.15) is 5.82 Å². The molecule has 0 aliphatic carbocycles. The third-order valence-corrected chi connectivity index (χ3v) is 4.39. The van der Waals surface area contributed by atoms with Crippen LogP contribution >= 0.6 is 27.5 Å². The molecule has 0 saturated carbocycles. The summed E-state index contributed by atoms with van der Waals surface area (Å²) in [5.74, 6) is 5.27. The summed E-state index contributed by atoms with van der Waals surface area (Å²) in [5.41, 5.74) is 4.67. The van der Waals surface area contributed by atoms with Crippen molar-refractivity contribution in [2.45, 2.75) is 19.4 Å². The van der Waals surface area contributed by atoms with Crippen molar-refractivity contribution in [2.75, 3.05) is 0 Å². The van der Waals surface area contributed by atoms with E-state index in [1.165, 1.54) is 6.07 Å². The summed E-state index contributed by atoms with van der Waals surface area (Å²) in [6.07, 6.45) is 0.437. The molecule has 0 aliphatic rings. The molecule has 1 heterocycles. The minimum absolute atomic E-state index is 0.322. The third kappa shape index (κ3) is 2.88. The number of hydrogen-bond acceptors (Lipinski definition) is 3. The minimum atomic E-state index is -0.405. The number of rotatable bonds is 4. The van der Waals surface area contributed by atoms with Crippen molar-refractivity contribution in [3.05, 3.63) is 50.5 Å². The Morgan fingerprint density at radius 2 is 2.25 bits per heavy atom. The Hall–Kier alpha value is -0.950. The first-order valence-corrected chi connectivity index (χ1v) is 7.20. The molecule has 0 bridgehead atoms. The molecular weight excluding hydrogens is 347 g/mol. The van der Waals surface area contributed by atoms with E-state index in [0.29, 0.717) is 21.5 Å². The van der Waals surface area contributed by atoms with Gasteiger partial charge in [0, 0.05) is 23.5 Å². The molecule has 1 aromatic heterocycles. The Morgan fingerprint density at radius 1 is 1.55 bits per heavy atom. The molecule has 7 heteroatoms. The molecule has 20 heavy (non-hydrogen) atoms. The van der Waals surface area contributed by atoms with Gasteiger partial charge in [-0.2, -0.15) is 5.10 Å². The maximum Gasteiger partial charge on any atom is 0.129 e. The number of hydrogen-bond donors (Lipinski definition) is 2. The van der Waals surface area contributed by atoms with E-state index >= 15 is 0 Å². The van der Waals surface area contributed by atoms with Crippen LogP contribution in [0.2, 0.25) is 5.02 Å². The zero-order valence-electron chi connectivity index (χ0n) is 11.1. The second-order valence-electron chi connectivity index (χ2n) is 4.53. The van der Waals surface area contributed by atoms with Gasteiger partial charge in [-0.3, -0.25) is 16.0 Å². The van der Waals surface area contributed by atoms with Gasteiger partial charge in [0.25, 0.3) is 0 Å². The third-order valence-electron chi connectivity index (χ3n) is 3.21. The first-order chi connectivity index (χ1) is 9.45. The largest absolute Gasteiger partial charge is 0.271 e. The molecule has 108 valence electrons. The van der Waals surface area contributed by atoms with E-state index in [-0.39, 0.29) is 5.82 Å². The highest BCUT2D eigenvalue weighted by Gasteiger charge is 2.22. The predicted octanol–water partition coefficient (Wildman–Crippen LogP) is 3.03. The quantitative estimate of drug-likeness (QED) is 0.650. The molecule has 1 unspecified atom stereocenters. The molecule has 0 amide bonds. The van der Waals surface area contributed by atoms with E-state index in [4.69, 9.17) is 17.4 Å². The summed E-state index contributed by atoms with van der Waals surface area (Å²) in [7, 11) is 1.80. The fraction of sp³-hybridized carbons (Fsp3) is 0.308. The highest BCUT2D eigenvalue weighted by molar-refractivity contribution is 9.10. The number of hydrazine groups is 1. The Balaban J connectivity index is 2.39. The monoisotopic (exact) mass is 360 g/mol. The van der Waals surface area contributed by atoms with Gasteiger partial charge in [-0.15, -0.1) is 0 Å². The second-order valence-corrected chi connectivity index (χ2v) is 5.76. The summed E-state index contributed by atoms with van der Waals surface area (Å²) in [6, 6.07) is 4.41. The lowest BCUT2D eigenvalue weighted by Crippen LogP contribution is -2.31. The molecule has 0 fully saturated rings. The van der Waals surface area contributed by atoms with Gasteiger partial charge in [0.15, 0.2) is 0 Å². The fourth-order valence-electron chi connectivity index (χ4n) is 2.18. The average Bonchev–Trinajstić information content (AvgIpc) is 2.63. The van der Waals surface area contributed by atoms with Crippen molar-refractivity contribution >= 4 is 27.5 Å². The van der Waals surface area contributed by atoms with Crippen LogP contribution in [0.5, 0.6) is 0 Å². The van der Waals surface area contributed by atoms with E-state index in [1.54, 1.807) is 23.9 Å². The molecule has 1 atom stereocenters. The van der Waals surface area contributed by atoms with Gasteiger partial charge in [-0.25, -0.2) is 4.39 Å². The van der Waals surface area contributed by atoms with Crippen LogP contribution in [0.3, 0.4) is 0 Å². The molecule has 2 aromatic rings. The zero-order chi connectivity index (χ0) is 14.9. The highest BCUT2D eigenvalue weighted by atomic mass is 79.9. The van der Waals surface area contributed by atoms with E-state index in [0.717, 1.165) is 11.4 Å². The lowest BCUT2D eigenvalue weighted by Gasteiger charge is -2.19. The highest BCUT2D eigenvalue weighted by Crippen LogP contribution is 2.30. The lowest BCUT2D eigenvalue weighted by molar-refractivity contribution is 0.495. The average molecular weight is 362 g/mol. The first-order valence-electron chi connectivity index (χ1n) is 6.03. The Morgan fingerprint density at radius 3 is 2.75 bits per heavy atom. The SMILES string of the molecule is Cc1nn(C)c(CC(NN)c2c(F)cccc2Br)c1Cl. The van der Waals surface area contributed by atoms with E-state index in [2.05, 4.69) is 26.5 Å². The Labute approximate surface area is 130 Å². The van der Waals surface area contributed by atoms with Crippen molar-refractivity contribution in [3.8, 4) is 0 Å². The minimum Gasteiger partial charge on any atom is -0.271 e. The van der Waals surface area contributed by atoms with Gasteiger partial charge < -0.3 is 0 Å². The summed E-state index contributed by atoms with van der Waals surface area (Å²) in [4.78, 5) is 0. The number of aromatic nitrogens is 2. The maximum atomic E-state index is 14.0. The number of halogens is 3. The standard InChI is InChI=1S/C13H15BrClFN4/c1-7-13(15)11(20(2)19-7)6-10(18-17)12-8(14)4-3-5-9(12)16/h3-5,10,18H,6,17H2,1-2H3. The van der Waals surface area contributed by atoms with E-state index in [1.807, 2.05) is 6.92 Å². The molecule has 0 spiro atoms. The number of benzene rings is 1. The van der Waals surface area contributed by atoms with Gasteiger partial charge in [-0.1, -0.05) is 33.6 Å². The van der Waals surface area contributed by atoms with Crippen molar-refractivity contribution < 1.29 is 4.39 Å². The van der Waals surface area contributed by atoms with Gasteiger partial charge in [0.2, 0.25) is 0 Å². The summed E-state index contributed by atoms with van der Waals surface area (Å²) >= 11 is 9.58. The summed E-state index contributed by atoms with van der Waals surface area (Å²) in [5, 5.41) is 4.83. The summed E-state index contributed by atoms with van der Waals surface area (Å²) in [6.45, 7) is 1.83. The molecule has 3 N–H and O–H groups in total. The van der Waals surface area contributed by atoms with Crippen LogP contribution in [0.15, 0.2) is 22.7 Å². The van der Waals surface area contributed by atoms with Crippen molar-refractivity contribution in [1.29, 1.82) is 0 Å². The van der Waals surface area contributed by atoms with Crippen molar-refractivity contribution in [2.24, 2.45) is 12.9 Å². The van der Waals surface area contributed by atoms with Gasteiger partial charge in [-0.05, 0) is 19.1 Å². The fourth-order valence-corrected chi connectivity index (χ4v) is 3.04. The van der Waals surface area contributed by atoms with Crippen LogP contribution in [0, 0.1) is 12.7 Å². The Bertz CT molecular complexity index is 609. The number of nitrogens with zero attached hydrogens (tertiary/aromatic N) is 2. The van der Waals surface area contributed by atoms with Crippen LogP contribution in [-0.4, -0.2) is 9.78 Å².